The summed E-state index contributed by atoms with van der Waals surface area (Å²) in [7, 11) is 1.56. The van der Waals surface area contributed by atoms with Crippen LogP contribution in [0.4, 0.5) is 0 Å². The number of aromatic amines is 1. The van der Waals surface area contributed by atoms with Gasteiger partial charge in [-0.2, -0.15) is 5.10 Å². The van der Waals surface area contributed by atoms with E-state index in [4.69, 9.17) is 4.74 Å². The van der Waals surface area contributed by atoms with Crippen molar-refractivity contribution in [1.29, 1.82) is 0 Å². The molecule has 0 aliphatic carbocycles. The van der Waals surface area contributed by atoms with E-state index in [1.54, 1.807) is 19.2 Å². The predicted molar refractivity (Wildman–Crippen MR) is 110 cm³/mol. The number of pyridine rings is 1. The summed E-state index contributed by atoms with van der Waals surface area (Å²) in [5.41, 5.74) is 4.42. The minimum absolute atomic E-state index is 0.195. The molecule has 2 aliphatic rings. The highest BCUT2D eigenvalue weighted by Crippen LogP contribution is 2.31. The molecule has 2 aromatic heterocycles. The summed E-state index contributed by atoms with van der Waals surface area (Å²) in [5.74, 6) is -0.398. The van der Waals surface area contributed by atoms with Gasteiger partial charge in [0.25, 0.3) is 5.91 Å². The second kappa shape index (κ2) is 7.35. The number of hydrogen-bond donors (Lipinski definition) is 2. The Morgan fingerprint density at radius 3 is 2.77 bits per heavy atom. The van der Waals surface area contributed by atoms with Gasteiger partial charge in [0.2, 0.25) is 17.7 Å². The van der Waals surface area contributed by atoms with Gasteiger partial charge in [0, 0.05) is 30.2 Å². The fraction of sp³-hybridized carbons (Fsp3) is 0.227. The van der Waals surface area contributed by atoms with E-state index in [2.05, 4.69) is 20.5 Å². The molecule has 5 rings (SSSR count). The van der Waals surface area contributed by atoms with Crippen LogP contribution in [0.15, 0.2) is 42.5 Å². The number of piperidine rings is 1. The molecule has 2 N–H and O–H groups in total. The molecule has 1 fully saturated rings. The second-order valence-electron chi connectivity index (χ2n) is 7.50. The predicted octanol–water partition coefficient (Wildman–Crippen LogP) is 1.91. The number of imide groups is 1. The summed E-state index contributed by atoms with van der Waals surface area (Å²) < 4.78 is 5.17. The number of methoxy groups -OCH3 is 1. The zero-order valence-electron chi connectivity index (χ0n) is 16.7. The van der Waals surface area contributed by atoms with Crippen LogP contribution in [0.5, 0.6) is 5.88 Å². The van der Waals surface area contributed by atoms with Gasteiger partial charge in [-0.05, 0) is 36.2 Å². The molecule has 31 heavy (non-hydrogen) atoms. The van der Waals surface area contributed by atoms with Gasteiger partial charge < -0.3 is 9.64 Å². The second-order valence-corrected chi connectivity index (χ2v) is 7.50. The summed E-state index contributed by atoms with van der Waals surface area (Å²) in [4.78, 5) is 42.4. The van der Waals surface area contributed by atoms with E-state index < -0.39 is 11.9 Å². The third kappa shape index (κ3) is 3.33. The van der Waals surface area contributed by atoms with Crippen molar-refractivity contribution in [3.8, 4) is 28.5 Å². The SMILES string of the molecule is COc1cccc(-c2cc(-c3ccc4c(c3)CN([C@@H]3CCC(=O)NC3=O)C4=O)n[nH]2)n1. The first kappa shape index (κ1) is 19.0. The van der Waals surface area contributed by atoms with E-state index in [0.717, 1.165) is 16.8 Å². The number of aromatic nitrogens is 3. The quantitative estimate of drug-likeness (QED) is 0.626. The normalized spacial score (nSPS) is 18.2. The van der Waals surface area contributed by atoms with Gasteiger partial charge in [-0.3, -0.25) is 24.8 Å². The molecular weight excluding hydrogens is 398 g/mol. The first-order chi connectivity index (χ1) is 15.0. The van der Waals surface area contributed by atoms with E-state index in [9.17, 15) is 14.4 Å². The van der Waals surface area contributed by atoms with Crippen LogP contribution in [0.2, 0.25) is 0 Å². The first-order valence-corrected chi connectivity index (χ1v) is 9.88. The number of carbonyl (C=O) groups is 3. The third-order valence-corrected chi connectivity index (χ3v) is 5.61. The van der Waals surface area contributed by atoms with Gasteiger partial charge in [-0.1, -0.05) is 12.1 Å². The lowest BCUT2D eigenvalue weighted by atomic mass is 10.0. The smallest absolute Gasteiger partial charge is 0.255 e. The summed E-state index contributed by atoms with van der Waals surface area (Å²) in [6.07, 6.45) is 0.573. The van der Waals surface area contributed by atoms with Crippen molar-refractivity contribution < 1.29 is 19.1 Å². The lowest BCUT2D eigenvalue weighted by molar-refractivity contribution is -0.136. The number of nitrogens with zero attached hydrogens (tertiary/aromatic N) is 3. The maximum absolute atomic E-state index is 12.8. The summed E-state index contributed by atoms with van der Waals surface area (Å²) in [6, 6.07) is 12.3. The summed E-state index contributed by atoms with van der Waals surface area (Å²) in [6.45, 7) is 0.322. The average Bonchev–Trinajstić information content (AvgIpc) is 3.39. The van der Waals surface area contributed by atoms with Gasteiger partial charge in [0.05, 0.1) is 24.2 Å². The fourth-order valence-electron chi connectivity index (χ4n) is 4.01. The van der Waals surface area contributed by atoms with Crippen LogP contribution in [-0.4, -0.2) is 51.0 Å². The number of hydrogen-bond acceptors (Lipinski definition) is 6. The Hall–Kier alpha value is -4.01. The minimum atomic E-state index is -0.628. The maximum atomic E-state index is 12.8. The van der Waals surface area contributed by atoms with Crippen molar-refractivity contribution in [3.05, 3.63) is 53.6 Å². The summed E-state index contributed by atoms with van der Waals surface area (Å²) in [5, 5.41) is 9.69. The molecule has 3 aromatic rings. The van der Waals surface area contributed by atoms with Crippen LogP contribution in [0.25, 0.3) is 22.6 Å². The van der Waals surface area contributed by atoms with Crippen LogP contribution in [0.1, 0.15) is 28.8 Å². The molecule has 0 saturated carbocycles. The average molecular weight is 417 g/mol. The Labute approximate surface area is 177 Å². The molecule has 0 bridgehead atoms. The van der Waals surface area contributed by atoms with E-state index in [1.165, 1.54) is 4.90 Å². The van der Waals surface area contributed by atoms with Gasteiger partial charge >= 0.3 is 0 Å². The van der Waals surface area contributed by atoms with Gasteiger partial charge in [-0.25, -0.2) is 4.98 Å². The highest BCUT2D eigenvalue weighted by atomic mass is 16.5. The molecule has 1 atom stereocenters. The molecule has 1 aromatic carbocycles. The zero-order chi connectivity index (χ0) is 21.5. The minimum Gasteiger partial charge on any atom is -0.481 e. The fourth-order valence-corrected chi connectivity index (χ4v) is 4.01. The largest absolute Gasteiger partial charge is 0.481 e. The van der Waals surface area contributed by atoms with Crippen molar-refractivity contribution in [1.82, 2.24) is 25.4 Å². The number of nitrogens with one attached hydrogen (secondary N) is 2. The van der Waals surface area contributed by atoms with Crippen molar-refractivity contribution >= 4 is 17.7 Å². The Morgan fingerprint density at radius 2 is 1.97 bits per heavy atom. The van der Waals surface area contributed by atoms with E-state index in [0.29, 0.717) is 35.8 Å². The van der Waals surface area contributed by atoms with E-state index in [1.807, 2.05) is 30.3 Å². The first-order valence-electron chi connectivity index (χ1n) is 9.88. The highest BCUT2D eigenvalue weighted by Gasteiger charge is 2.39. The molecule has 4 heterocycles. The van der Waals surface area contributed by atoms with Crippen molar-refractivity contribution in [2.45, 2.75) is 25.4 Å². The van der Waals surface area contributed by atoms with Crippen molar-refractivity contribution in [3.63, 3.8) is 0 Å². The third-order valence-electron chi connectivity index (χ3n) is 5.61. The highest BCUT2D eigenvalue weighted by molar-refractivity contribution is 6.05. The number of fused-ring (bicyclic) bond motifs is 1. The number of rotatable bonds is 4. The molecule has 156 valence electrons. The maximum Gasteiger partial charge on any atom is 0.255 e. The Morgan fingerprint density at radius 1 is 1.10 bits per heavy atom. The van der Waals surface area contributed by atoms with Crippen molar-refractivity contribution in [2.75, 3.05) is 7.11 Å². The van der Waals surface area contributed by atoms with Crippen LogP contribution < -0.4 is 10.1 Å². The van der Waals surface area contributed by atoms with E-state index in [-0.39, 0.29) is 18.2 Å². The standard InChI is InChI=1S/C22H19N5O4/c1-31-20-4-2-3-15(23-20)17-10-16(25-26-17)12-5-6-14-13(9-12)11-27(22(14)30)18-7-8-19(28)24-21(18)29/h2-6,9-10,18H,7-8,11H2,1H3,(H,25,26)(H,24,28,29)/t18-/m1/s1. The van der Waals surface area contributed by atoms with Crippen LogP contribution in [0.3, 0.4) is 0 Å². The molecule has 3 amide bonds. The number of H-pyrrole nitrogens is 1. The molecular formula is C22H19N5O4. The number of benzene rings is 1. The monoisotopic (exact) mass is 417 g/mol. The van der Waals surface area contributed by atoms with Crippen LogP contribution in [0, 0.1) is 0 Å². The van der Waals surface area contributed by atoms with Crippen LogP contribution >= 0.6 is 0 Å². The number of amides is 3. The molecule has 1 saturated heterocycles. The number of carbonyl (C=O) groups excluding carboxylic acids is 3. The molecule has 0 spiro atoms. The topological polar surface area (TPSA) is 117 Å². The Bertz CT molecular complexity index is 1220. The molecule has 0 radical (unpaired) electrons. The van der Waals surface area contributed by atoms with Crippen LogP contribution in [-0.2, 0) is 16.1 Å². The lowest BCUT2D eigenvalue weighted by Gasteiger charge is -2.29. The molecule has 9 heteroatoms. The van der Waals surface area contributed by atoms with Gasteiger partial charge in [-0.15, -0.1) is 0 Å². The zero-order valence-corrected chi connectivity index (χ0v) is 16.7. The van der Waals surface area contributed by atoms with Gasteiger partial charge in [0.1, 0.15) is 6.04 Å². The Balaban J connectivity index is 1.40. The van der Waals surface area contributed by atoms with Crippen molar-refractivity contribution in [2.24, 2.45) is 0 Å². The molecule has 0 unspecified atom stereocenters. The molecule has 9 nitrogen and oxygen atoms in total. The Kier molecular flexibility index (Phi) is 4.50. The van der Waals surface area contributed by atoms with E-state index >= 15 is 0 Å². The number of ether oxygens (including phenoxy) is 1. The van der Waals surface area contributed by atoms with Gasteiger partial charge in [0.15, 0.2) is 0 Å². The summed E-state index contributed by atoms with van der Waals surface area (Å²) >= 11 is 0. The molecule has 2 aliphatic heterocycles. The lowest BCUT2D eigenvalue weighted by Crippen LogP contribution is -2.52.